The summed E-state index contributed by atoms with van der Waals surface area (Å²) >= 11 is 1.46. The molecule has 9 nitrogen and oxygen atoms in total. The third-order valence-electron chi connectivity index (χ3n) is 5.78. The Hall–Kier alpha value is -3.92. The molecule has 1 amide bonds. The zero-order chi connectivity index (χ0) is 24.4. The molecule has 0 atom stereocenters. The van der Waals surface area contributed by atoms with Crippen molar-refractivity contribution in [3.8, 4) is 0 Å². The number of ether oxygens (including phenoxy) is 1. The van der Waals surface area contributed by atoms with E-state index in [0.29, 0.717) is 29.8 Å². The van der Waals surface area contributed by atoms with E-state index >= 15 is 0 Å². The normalized spacial score (nSPS) is 12.6. The molecule has 35 heavy (non-hydrogen) atoms. The minimum absolute atomic E-state index is 0.193. The molecule has 3 heterocycles. The molecule has 0 radical (unpaired) electrons. The fourth-order valence-electron chi connectivity index (χ4n) is 4.16. The molecule has 0 aliphatic carbocycles. The van der Waals surface area contributed by atoms with Gasteiger partial charge >= 0.3 is 6.09 Å². The number of aromatic nitrogens is 4. The van der Waals surface area contributed by atoms with E-state index < -0.39 is 6.09 Å². The Balaban J connectivity index is 1.39. The molecular weight excluding hydrogens is 464 g/mol. The minimum atomic E-state index is -0.576. The van der Waals surface area contributed by atoms with Crippen LogP contribution in [0, 0.1) is 0 Å². The number of hydrogen-bond donors (Lipinski definition) is 1. The van der Waals surface area contributed by atoms with Crippen LogP contribution in [0.2, 0.25) is 0 Å². The van der Waals surface area contributed by atoms with Crippen molar-refractivity contribution in [1.29, 1.82) is 0 Å². The van der Waals surface area contributed by atoms with Gasteiger partial charge in [0.2, 0.25) is 5.91 Å². The first-order valence-electron chi connectivity index (χ1n) is 11.2. The molecule has 1 aliphatic rings. The summed E-state index contributed by atoms with van der Waals surface area (Å²) < 4.78 is 6.42. The Morgan fingerprint density at radius 2 is 1.94 bits per heavy atom. The van der Waals surface area contributed by atoms with E-state index in [0.717, 1.165) is 27.7 Å². The summed E-state index contributed by atoms with van der Waals surface area (Å²) in [6.07, 6.45) is 3.24. The minimum Gasteiger partial charge on any atom is -0.448 e. The lowest BCUT2D eigenvalue weighted by atomic mass is 10.0. The number of benzene rings is 2. The number of rotatable bonds is 6. The van der Waals surface area contributed by atoms with Gasteiger partial charge in [0, 0.05) is 11.8 Å². The molecule has 0 spiro atoms. The van der Waals surface area contributed by atoms with Gasteiger partial charge in [-0.25, -0.2) is 14.8 Å². The Morgan fingerprint density at radius 1 is 1.11 bits per heavy atom. The van der Waals surface area contributed by atoms with Crippen LogP contribution in [0.3, 0.4) is 0 Å². The SMILES string of the molecule is CCOC(=O)n1nc(NC(=O)Cc2ccc3ccccc3c2)c2c1CN(c1ccnc(SC)n1)C2. The molecule has 0 saturated heterocycles. The van der Waals surface area contributed by atoms with Gasteiger partial charge in [-0.3, -0.25) is 4.79 Å². The third-order valence-corrected chi connectivity index (χ3v) is 6.34. The van der Waals surface area contributed by atoms with Crippen LogP contribution in [0.5, 0.6) is 0 Å². The van der Waals surface area contributed by atoms with E-state index in [2.05, 4.69) is 20.4 Å². The monoisotopic (exact) mass is 488 g/mol. The second-order valence-corrected chi connectivity index (χ2v) is 8.82. The lowest BCUT2D eigenvalue weighted by Gasteiger charge is -2.17. The number of amides is 1. The summed E-state index contributed by atoms with van der Waals surface area (Å²) in [5, 5.41) is 10.2. The van der Waals surface area contributed by atoms with Gasteiger partial charge in [-0.1, -0.05) is 54.2 Å². The maximum Gasteiger partial charge on any atom is 0.435 e. The number of thioether (sulfide) groups is 1. The van der Waals surface area contributed by atoms with E-state index in [1.165, 1.54) is 16.4 Å². The number of fused-ring (bicyclic) bond motifs is 2. The van der Waals surface area contributed by atoms with E-state index in [4.69, 9.17) is 4.74 Å². The highest BCUT2D eigenvalue weighted by Crippen LogP contribution is 2.32. The maximum absolute atomic E-state index is 12.9. The van der Waals surface area contributed by atoms with Crippen molar-refractivity contribution in [2.75, 3.05) is 23.1 Å². The van der Waals surface area contributed by atoms with Gasteiger partial charge in [-0.2, -0.15) is 4.68 Å². The first kappa shape index (κ1) is 22.9. The second kappa shape index (κ2) is 9.75. The predicted octanol–water partition coefficient (Wildman–Crippen LogP) is 4.25. The van der Waals surface area contributed by atoms with Gasteiger partial charge < -0.3 is 15.0 Å². The van der Waals surface area contributed by atoms with Crippen molar-refractivity contribution in [3.05, 3.63) is 71.5 Å². The second-order valence-electron chi connectivity index (χ2n) is 8.05. The van der Waals surface area contributed by atoms with Gasteiger partial charge in [-0.05, 0) is 35.6 Å². The number of nitrogens with zero attached hydrogens (tertiary/aromatic N) is 5. The quantitative estimate of drug-likeness (QED) is 0.317. The zero-order valence-corrected chi connectivity index (χ0v) is 20.2. The van der Waals surface area contributed by atoms with Gasteiger partial charge in [0.1, 0.15) is 5.82 Å². The highest BCUT2D eigenvalue weighted by molar-refractivity contribution is 7.98. The summed E-state index contributed by atoms with van der Waals surface area (Å²) in [6, 6.07) is 15.8. The summed E-state index contributed by atoms with van der Waals surface area (Å²) in [5.74, 6) is 0.895. The lowest BCUT2D eigenvalue weighted by molar-refractivity contribution is -0.115. The summed E-state index contributed by atoms with van der Waals surface area (Å²) in [7, 11) is 0. The number of hydrogen-bond acceptors (Lipinski definition) is 8. The van der Waals surface area contributed by atoms with Crippen molar-refractivity contribution < 1.29 is 14.3 Å². The Labute approximate surface area is 206 Å². The topological polar surface area (TPSA) is 102 Å². The average molecular weight is 489 g/mol. The fraction of sp³-hybridized carbons (Fsp3) is 0.240. The summed E-state index contributed by atoms with van der Waals surface area (Å²) in [4.78, 5) is 36.3. The van der Waals surface area contributed by atoms with Crippen molar-refractivity contribution in [2.24, 2.45) is 0 Å². The van der Waals surface area contributed by atoms with Gasteiger partial charge in [0.05, 0.1) is 31.8 Å². The van der Waals surface area contributed by atoms with Crippen LogP contribution >= 0.6 is 11.8 Å². The van der Waals surface area contributed by atoms with Gasteiger partial charge in [-0.15, -0.1) is 5.10 Å². The highest BCUT2D eigenvalue weighted by atomic mass is 32.2. The predicted molar refractivity (Wildman–Crippen MR) is 135 cm³/mol. The number of carbonyl (C=O) groups excluding carboxylic acids is 2. The lowest BCUT2D eigenvalue weighted by Crippen LogP contribution is -2.23. The molecule has 0 fully saturated rings. The molecule has 2 aromatic heterocycles. The first-order valence-corrected chi connectivity index (χ1v) is 12.5. The molecule has 178 valence electrons. The zero-order valence-electron chi connectivity index (χ0n) is 19.4. The van der Waals surface area contributed by atoms with E-state index in [9.17, 15) is 9.59 Å². The Bertz CT molecular complexity index is 1420. The molecule has 4 aromatic rings. The van der Waals surface area contributed by atoms with Gasteiger partial charge in [0.15, 0.2) is 11.0 Å². The number of anilines is 2. The smallest absolute Gasteiger partial charge is 0.435 e. The number of carbonyl (C=O) groups is 2. The number of nitrogens with one attached hydrogen (secondary N) is 1. The molecule has 0 bridgehead atoms. The Morgan fingerprint density at radius 3 is 2.74 bits per heavy atom. The molecule has 1 aliphatic heterocycles. The molecule has 0 unspecified atom stereocenters. The molecule has 0 saturated carbocycles. The fourth-order valence-corrected chi connectivity index (χ4v) is 4.51. The molecule has 5 rings (SSSR count). The van der Waals surface area contributed by atoms with E-state index in [1.54, 1.807) is 13.1 Å². The van der Waals surface area contributed by atoms with Crippen LogP contribution in [-0.4, -0.2) is 44.6 Å². The third kappa shape index (κ3) is 4.69. The molecule has 1 N–H and O–H groups in total. The van der Waals surface area contributed by atoms with Crippen LogP contribution in [0.25, 0.3) is 10.8 Å². The maximum atomic E-state index is 12.9. The van der Waals surface area contributed by atoms with Crippen LogP contribution in [-0.2, 0) is 29.0 Å². The van der Waals surface area contributed by atoms with Crippen LogP contribution in [0.4, 0.5) is 16.4 Å². The highest BCUT2D eigenvalue weighted by Gasteiger charge is 2.32. The van der Waals surface area contributed by atoms with Crippen LogP contribution in [0.15, 0.2) is 59.9 Å². The van der Waals surface area contributed by atoms with Gasteiger partial charge in [0.25, 0.3) is 0 Å². The van der Waals surface area contributed by atoms with Crippen LogP contribution < -0.4 is 10.2 Å². The van der Waals surface area contributed by atoms with Crippen molar-refractivity contribution in [3.63, 3.8) is 0 Å². The Kier molecular flexibility index (Phi) is 6.37. The molecule has 10 heteroatoms. The summed E-state index contributed by atoms with van der Waals surface area (Å²) in [6.45, 7) is 2.83. The van der Waals surface area contributed by atoms with E-state index in [-0.39, 0.29) is 18.9 Å². The first-order chi connectivity index (χ1) is 17.1. The van der Waals surface area contributed by atoms with Crippen LogP contribution in [0.1, 0.15) is 23.7 Å². The molecule has 2 aromatic carbocycles. The average Bonchev–Trinajstić information content (AvgIpc) is 3.45. The largest absolute Gasteiger partial charge is 0.448 e. The molecular formula is C25H24N6O3S. The van der Waals surface area contributed by atoms with Crippen molar-refractivity contribution >= 4 is 46.2 Å². The van der Waals surface area contributed by atoms with Crippen molar-refractivity contribution in [1.82, 2.24) is 19.7 Å². The standard InChI is InChI=1S/C25H24N6O3S/c1-3-34-25(33)31-20-15-30(21-10-11-26-24(27-21)35-2)14-19(20)23(29-31)28-22(32)13-16-8-9-17-6-4-5-7-18(17)12-16/h4-12H,3,13-15H2,1-2H3,(H,28,29,32). The summed E-state index contributed by atoms with van der Waals surface area (Å²) in [5.41, 5.74) is 2.35. The van der Waals surface area contributed by atoms with Crippen molar-refractivity contribution in [2.45, 2.75) is 31.6 Å². The van der Waals surface area contributed by atoms with E-state index in [1.807, 2.05) is 59.7 Å².